The van der Waals surface area contributed by atoms with Gasteiger partial charge >= 0.3 is 0 Å². The smallest absolute Gasteiger partial charge is 0.166 e. The molecule has 0 bridgehead atoms. The van der Waals surface area contributed by atoms with Crippen LogP contribution >= 0.6 is 15.9 Å². The Bertz CT molecular complexity index is 318. The van der Waals surface area contributed by atoms with Crippen LogP contribution in [0.4, 0.5) is 10.2 Å². The van der Waals surface area contributed by atoms with Gasteiger partial charge in [-0.05, 0) is 49.1 Å². The van der Waals surface area contributed by atoms with E-state index in [4.69, 9.17) is 0 Å². The third kappa shape index (κ3) is 4.57. The first-order chi connectivity index (χ1) is 7.09. The second-order valence-electron chi connectivity index (χ2n) is 3.57. The zero-order valence-corrected chi connectivity index (χ0v) is 10.5. The summed E-state index contributed by atoms with van der Waals surface area (Å²) in [7, 11) is 4.02. The maximum Gasteiger partial charge on any atom is 0.166 e. The molecule has 0 aromatic carbocycles. The monoisotopic (exact) mass is 275 g/mol. The summed E-state index contributed by atoms with van der Waals surface area (Å²) in [6, 6.07) is 1.40. The van der Waals surface area contributed by atoms with Crippen LogP contribution in [0.15, 0.2) is 16.7 Å². The lowest BCUT2D eigenvalue weighted by Crippen LogP contribution is -2.17. The van der Waals surface area contributed by atoms with Crippen LogP contribution in [0.25, 0.3) is 0 Å². The zero-order chi connectivity index (χ0) is 11.3. The highest BCUT2D eigenvalue weighted by Gasteiger charge is 2.02. The molecule has 0 amide bonds. The standard InChI is InChI=1S/C10H15BrFN3/c1-15(2)5-3-4-13-10-9(12)6-8(11)7-14-10/h6-7H,3-5H2,1-2H3,(H,13,14). The van der Waals surface area contributed by atoms with E-state index in [1.807, 2.05) is 14.1 Å². The molecule has 0 saturated heterocycles. The molecule has 0 aliphatic rings. The Morgan fingerprint density at radius 3 is 2.87 bits per heavy atom. The van der Waals surface area contributed by atoms with Crippen molar-refractivity contribution < 1.29 is 4.39 Å². The number of anilines is 1. The van der Waals surface area contributed by atoms with E-state index in [1.165, 1.54) is 6.07 Å². The molecule has 0 atom stereocenters. The van der Waals surface area contributed by atoms with E-state index in [-0.39, 0.29) is 5.82 Å². The molecule has 3 nitrogen and oxygen atoms in total. The van der Waals surface area contributed by atoms with Crippen LogP contribution in [0.1, 0.15) is 6.42 Å². The number of pyridine rings is 1. The predicted octanol–water partition coefficient (Wildman–Crippen LogP) is 2.35. The average molecular weight is 276 g/mol. The predicted molar refractivity (Wildman–Crippen MR) is 63.6 cm³/mol. The van der Waals surface area contributed by atoms with Crippen molar-refractivity contribution in [2.24, 2.45) is 0 Å². The van der Waals surface area contributed by atoms with Crippen LogP contribution < -0.4 is 5.32 Å². The lowest BCUT2D eigenvalue weighted by molar-refractivity contribution is 0.405. The zero-order valence-electron chi connectivity index (χ0n) is 8.93. The Kier molecular flexibility index (Phi) is 4.98. The number of nitrogens with one attached hydrogen (secondary N) is 1. The fourth-order valence-electron chi connectivity index (χ4n) is 1.15. The van der Waals surface area contributed by atoms with E-state index in [9.17, 15) is 4.39 Å². The highest BCUT2D eigenvalue weighted by Crippen LogP contribution is 2.15. The van der Waals surface area contributed by atoms with Gasteiger partial charge in [0.15, 0.2) is 11.6 Å². The normalized spacial score (nSPS) is 10.7. The van der Waals surface area contributed by atoms with Gasteiger partial charge in [0.1, 0.15) is 0 Å². The van der Waals surface area contributed by atoms with Crippen molar-refractivity contribution >= 4 is 21.7 Å². The largest absolute Gasteiger partial charge is 0.368 e. The first kappa shape index (κ1) is 12.4. The summed E-state index contributed by atoms with van der Waals surface area (Å²) in [4.78, 5) is 6.04. The number of aromatic nitrogens is 1. The minimum absolute atomic E-state index is 0.317. The first-order valence-electron chi connectivity index (χ1n) is 4.79. The Morgan fingerprint density at radius 2 is 2.27 bits per heavy atom. The number of hydrogen-bond acceptors (Lipinski definition) is 3. The molecule has 0 saturated carbocycles. The van der Waals surface area contributed by atoms with Gasteiger partial charge in [-0.1, -0.05) is 0 Å². The van der Waals surface area contributed by atoms with Crippen LogP contribution in [-0.2, 0) is 0 Å². The molecule has 0 fully saturated rings. The van der Waals surface area contributed by atoms with Crippen molar-refractivity contribution in [2.45, 2.75) is 6.42 Å². The van der Waals surface area contributed by atoms with Crippen LogP contribution in [0.5, 0.6) is 0 Å². The Hall–Kier alpha value is -0.680. The van der Waals surface area contributed by atoms with Crippen molar-refractivity contribution in [3.63, 3.8) is 0 Å². The maximum atomic E-state index is 13.3. The maximum absolute atomic E-state index is 13.3. The molecule has 1 aromatic heterocycles. The Labute approximate surface area is 97.8 Å². The summed E-state index contributed by atoms with van der Waals surface area (Å²) in [6.07, 6.45) is 2.54. The number of halogens is 2. The second-order valence-corrected chi connectivity index (χ2v) is 4.48. The minimum atomic E-state index is -0.325. The van der Waals surface area contributed by atoms with Gasteiger partial charge in [0.05, 0.1) is 0 Å². The second kappa shape index (κ2) is 6.02. The average Bonchev–Trinajstić information content (AvgIpc) is 2.14. The lowest BCUT2D eigenvalue weighted by atomic mass is 10.4. The molecule has 84 valence electrons. The number of nitrogens with zero attached hydrogens (tertiary/aromatic N) is 2. The highest BCUT2D eigenvalue weighted by atomic mass is 79.9. The molecule has 1 N–H and O–H groups in total. The fourth-order valence-corrected chi connectivity index (χ4v) is 1.45. The van der Waals surface area contributed by atoms with Gasteiger partial charge in [0.25, 0.3) is 0 Å². The number of hydrogen-bond donors (Lipinski definition) is 1. The van der Waals surface area contributed by atoms with E-state index < -0.39 is 0 Å². The highest BCUT2D eigenvalue weighted by molar-refractivity contribution is 9.10. The van der Waals surface area contributed by atoms with Gasteiger partial charge in [0, 0.05) is 17.2 Å². The molecular formula is C10H15BrFN3. The van der Waals surface area contributed by atoms with Gasteiger partial charge in [0.2, 0.25) is 0 Å². The van der Waals surface area contributed by atoms with Gasteiger partial charge in [-0.25, -0.2) is 9.37 Å². The lowest BCUT2D eigenvalue weighted by Gasteiger charge is -2.10. The summed E-state index contributed by atoms with van der Waals surface area (Å²) in [5, 5.41) is 2.96. The molecule has 0 aliphatic heterocycles. The van der Waals surface area contributed by atoms with Crippen LogP contribution in [0, 0.1) is 5.82 Å². The Morgan fingerprint density at radius 1 is 1.53 bits per heavy atom. The van der Waals surface area contributed by atoms with E-state index >= 15 is 0 Å². The molecule has 0 radical (unpaired) electrons. The quantitative estimate of drug-likeness (QED) is 0.837. The molecule has 1 rings (SSSR count). The van der Waals surface area contributed by atoms with Crippen molar-refractivity contribution in [1.29, 1.82) is 0 Å². The van der Waals surface area contributed by atoms with E-state index in [1.54, 1.807) is 6.20 Å². The van der Waals surface area contributed by atoms with Crippen LogP contribution in [0.2, 0.25) is 0 Å². The molecule has 0 unspecified atom stereocenters. The number of rotatable bonds is 5. The third-order valence-corrected chi connectivity index (χ3v) is 2.32. The summed E-state index contributed by atoms with van der Waals surface area (Å²) in [6.45, 7) is 1.70. The van der Waals surface area contributed by atoms with Gasteiger partial charge in [-0.3, -0.25) is 0 Å². The molecule has 0 aliphatic carbocycles. The third-order valence-electron chi connectivity index (χ3n) is 1.88. The summed E-state index contributed by atoms with van der Waals surface area (Å²) >= 11 is 3.16. The van der Waals surface area contributed by atoms with Crippen LogP contribution in [0.3, 0.4) is 0 Å². The fraction of sp³-hybridized carbons (Fsp3) is 0.500. The molecule has 1 heterocycles. The van der Waals surface area contributed by atoms with Crippen LogP contribution in [-0.4, -0.2) is 37.1 Å². The van der Waals surface area contributed by atoms with Gasteiger partial charge in [-0.2, -0.15) is 0 Å². The first-order valence-corrected chi connectivity index (χ1v) is 5.58. The Balaban J connectivity index is 2.37. The molecular weight excluding hydrogens is 261 g/mol. The topological polar surface area (TPSA) is 28.2 Å². The van der Waals surface area contributed by atoms with Crippen molar-refractivity contribution in [3.05, 3.63) is 22.6 Å². The summed E-state index contributed by atoms with van der Waals surface area (Å²) in [5.41, 5.74) is 0. The van der Waals surface area contributed by atoms with Crippen molar-refractivity contribution in [3.8, 4) is 0 Å². The van der Waals surface area contributed by atoms with E-state index in [0.29, 0.717) is 10.3 Å². The molecule has 0 spiro atoms. The summed E-state index contributed by atoms with van der Waals surface area (Å²) < 4.78 is 13.9. The van der Waals surface area contributed by atoms with Crippen molar-refractivity contribution in [2.75, 3.05) is 32.5 Å². The molecule has 5 heteroatoms. The van der Waals surface area contributed by atoms with Gasteiger partial charge < -0.3 is 10.2 Å². The molecule has 1 aromatic rings. The minimum Gasteiger partial charge on any atom is -0.368 e. The molecule has 15 heavy (non-hydrogen) atoms. The SMILES string of the molecule is CN(C)CCCNc1ncc(Br)cc1F. The van der Waals surface area contributed by atoms with Crippen molar-refractivity contribution in [1.82, 2.24) is 9.88 Å². The summed E-state index contributed by atoms with van der Waals surface area (Å²) in [5.74, 6) is -0.00816. The van der Waals surface area contributed by atoms with Gasteiger partial charge in [-0.15, -0.1) is 0 Å². The van der Waals surface area contributed by atoms with E-state index in [2.05, 4.69) is 31.1 Å². The van der Waals surface area contributed by atoms with E-state index in [0.717, 1.165) is 19.5 Å².